The number of rotatable bonds is 8. The van der Waals surface area contributed by atoms with Gasteiger partial charge in [0.2, 0.25) is 11.0 Å². The predicted octanol–water partition coefficient (Wildman–Crippen LogP) is 3.30. The van der Waals surface area contributed by atoms with E-state index in [1.807, 2.05) is 38.1 Å². The number of anilines is 2. The Kier molecular flexibility index (Phi) is 6.66. The molecule has 1 atom stereocenters. The zero-order chi connectivity index (χ0) is 16.7. The fourth-order valence-corrected chi connectivity index (χ4v) is 3.64. The van der Waals surface area contributed by atoms with Crippen molar-refractivity contribution >= 4 is 39.8 Å². The molecule has 0 fully saturated rings. The lowest BCUT2D eigenvalue weighted by atomic mass is 10.3. The number of carbonyl (C=O) groups is 1. The van der Waals surface area contributed by atoms with Crippen LogP contribution in [-0.4, -0.2) is 35.0 Å². The number of benzene rings is 1. The molecular weight excluding hydrogens is 332 g/mol. The van der Waals surface area contributed by atoms with E-state index in [0.717, 1.165) is 22.2 Å². The Bertz CT molecular complexity index is 631. The number of aromatic nitrogens is 2. The molecular formula is C15H20N4O2S2. The van der Waals surface area contributed by atoms with Gasteiger partial charge in [0.15, 0.2) is 4.34 Å². The normalized spacial score (nSPS) is 11.8. The van der Waals surface area contributed by atoms with Gasteiger partial charge in [0, 0.05) is 12.2 Å². The maximum atomic E-state index is 11.9. The molecule has 2 aromatic rings. The Balaban J connectivity index is 1.90. The van der Waals surface area contributed by atoms with Gasteiger partial charge in [0.1, 0.15) is 5.75 Å². The minimum atomic E-state index is -0.191. The van der Waals surface area contributed by atoms with E-state index in [4.69, 9.17) is 4.74 Å². The van der Waals surface area contributed by atoms with Gasteiger partial charge < -0.3 is 15.4 Å². The van der Waals surface area contributed by atoms with Crippen molar-refractivity contribution in [3.05, 3.63) is 24.3 Å². The third-order valence-corrected chi connectivity index (χ3v) is 4.97. The first-order valence-electron chi connectivity index (χ1n) is 7.31. The van der Waals surface area contributed by atoms with Crippen molar-refractivity contribution in [3.63, 3.8) is 0 Å². The zero-order valence-corrected chi connectivity index (χ0v) is 15.0. The number of ether oxygens (including phenoxy) is 1. The van der Waals surface area contributed by atoms with E-state index in [1.54, 1.807) is 7.11 Å². The van der Waals surface area contributed by atoms with Gasteiger partial charge in [0.25, 0.3) is 0 Å². The molecule has 0 bridgehead atoms. The molecule has 1 aromatic heterocycles. The summed E-state index contributed by atoms with van der Waals surface area (Å²) in [5.41, 5.74) is 0.909. The minimum Gasteiger partial charge on any atom is -0.497 e. The molecule has 2 N–H and O–H groups in total. The Labute approximate surface area is 144 Å². The van der Waals surface area contributed by atoms with Crippen LogP contribution in [0.5, 0.6) is 5.75 Å². The van der Waals surface area contributed by atoms with Crippen LogP contribution in [0, 0.1) is 0 Å². The van der Waals surface area contributed by atoms with Crippen molar-refractivity contribution in [1.29, 1.82) is 0 Å². The Morgan fingerprint density at radius 2 is 2.09 bits per heavy atom. The summed E-state index contributed by atoms with van der Waals surface area (Å²) in [6, 6.07) is 7.57. The molecule has 0 unspecified atom stereocenters. The number of hydrogen-bond donors (Lipinski definition) is 2. The van der Waals surface area contributed by atoms with Gasteiger partial charge in [-0.2, -0.15) is 0 Å². The highest BCUT2D eigenvalue weighted by molar-refractivity contribution is 8.02. The van der Waals surface area contributed by atoms with E-state index in [2.05, 4.69) is 20.8 Å². The summed E-state index contributed by atoms with van der Waals surface area (Å²) in [6.07, 6.45) is 0.928. The molecule has 0 spiro atoms. The van der Waals surface area contributed by atoms with Crippen molar-refractivity contribution in [2.24, 2.45) is 0 Å². The number of carbonyl (C=O) groups excluding carboxylic acids is 1. The summed E-state index contributed by atoms with van der Waals surface area (Å²) in [7, 11) is 1.63. The lowest BCUT2D eigenvalue weighted by Gasteiger charge is -2.08. The van der Waals surface area contributed by atoms with E-state index in [9.17, 15) is 4.79 Å². The van der Waals surface area contributed by atoms with Crippen molar-refractivity contribution in [2.75, 3.05) is 19.0 Å². The molecule has 0 radical (unpaired) electrons. The van der Waals surface area contributed by atoms with Gasteiger partial charge in [-0.15, -0.1) is 10.2 Å². The lowest BCUT2D eigenvalue weighted by Crippen LogP contribution is -2.31. The van der Waals surface area contributed by atoms with Crippen LogP contribution in [0.1, 0.15) is 20.3 Å². The van der Waals surface area contributed by atoms with E-state index in [0.29, 0.717) is 11.7 Å². The van der Waals surface area contributed by atoms with Crippen LogP contribution in [0.2, 0.25) is 0 Å². The molecule has 6 nitrogen and oxygen atoms in total. The van der Waals surface area contributed by atoms with Gasteiger partial charge in [-0.25, -0.2) is 0 Å². The molecule has 0 aliphatic carbocycles. The van der Waals surface area contributed by atoms with E-state index >= 15 is 0 Å². The van der Waals surface area contributed by atoms with Crippen LogP contribution < -0.4 is 15.4 Å². The first-order chi connectivity index (χ1) is 11.1. The van der Waals surface area contributed by atoms with Gasteiger partial charge in [-0.1, -0.05) is 30.0 Å². The number of nitrogens with zero attached hydrogens (tertiary/aromatic N) is 2. The number of methoxy groups -OCH3 is 1. The van der Waals surface area contributed by atoms with Crippen LogP contribution >= 0.6 is 23.1 Å². The fourth-order valence-electron chi connectivity index (χ4n) is 1.70. The highest BCUT2D eigenvalue weighted by Crippen LogP contribution is 2.30. The third-order valence-electron chi connectivity index (χ3n) is 2.94. The van der Waals surface area contributed by atoms with Gasteiger partial charge in [-0.3, -0.25) is 4.79 Å². The topological polar surface area (TPSA) is 76.1 Å². The third kappa shape index (κ3) is 5.40. The maximum Gasteiger partial charge on any atom is 0.233 e. The second-order valence-electron chi connectivity index (χ2n) is 4.78. The maximum absolute atomic E-state index is 11.9. The smallest absolute Gasteiger partial charge is 0.233 e. The minimum absolute atomic E-state index is 0.0247. The van der Waals surface area contributed by atoms with Gasteiger partial charge >= 0.3 is 0 Å². The standard InChI is InChI=1S/C15H20N4O2S2/c1-4-9-16-13(20)10(2)22-15-19-18-14(23-15)17-11-5-7-12(21-3)8-6-11/h5-8,10H,4,9H2,1-3H3,(H,16,20)(H,17,18)/t10-/m0/s1. The molecule has 1 amide bonds. The molecule has 2 rings (SSSR count). The molecule has 0 saturated carbocycles. The molecule has 0 aliphatic heterocycles. The van der Waals surface area contributed by atoms with E-state index in [-0.39, 0.29) is 11.2 Å². The molecule has 0 saturated heterocycles. The Hall–Kier alpha value is -1.80. The number of hydrogen-bond acceptors (Lipinski definition) is 7. The largest absolute Gasteiger partial charge is 0.497 e. The molecule has 124 valence electrons. The lowest BCUT2D eigenvalue weighted by molar-refractivity contribution is -0.120. The first-order valence-corrected chi connectivity index (χ1v) is 9.01. The Morgan fingerprint density at radius 1 is 1.35 bits per heavy atom. The van der Waals surface area contributed by atoms with Crippen molar-refractivity contribution in [2.45, 2.75) is 29.9 Å². The van der Waals surface area contributed by atoms with Crippen LogP contribution in [-0.2, 0) is 4.79 Å². The molecule has 1 heterocycles. The highest BCUT2D eigenvalue weighted by atomic mass is 32.2. The number of thioether (sulfide) groups is 1. The average molecular weight is 352 g/mol. The second-order valence-corrected chi connectivity index (χ2v) is 7.34. The number of nitrogens with one attached hydrogen (secondary N) is 2. The fraction of sp³-hybridized carbons (Fsp3) is 0.400. The SMILES string of the molecule is CCCNC(=O)[C@H](C)Sc1nnc(Nc2ccc(OC)cc2)s1. The monoisotopic (exact) mass is 352 g/mol. The second kappa shape index (κ2) is 8.73. The van der Waals surface area contributed by atoms with Crippen LogP contribution in [0.3, 0.4) is 0 Å². The van der Waals surface area contributed by atoms with E-state index < -0.39 is 0 Å². The molecule has 0 aliphatic rings. The first kappa shape index (κ1) is 17.6. The summed E-state index contributed by atoms with van der Waals surface area (Å²) in [4.78, 5) is 11.9. The van der Waals surface area contributed by atoms with Crippen molar-refractivity contribution in [3.8, 4) is 5.75 Å². The summed E-state index contributed by atoms with van der Waals surface area (Å²) in [5, 5.41) is 14.8. The molecule has 1 aromatic carbocycles. The van der Waals surface area contributed by atoms with Crippen LogP contribution in [0.25, 0.3) is 0 Å². The summed E-state index contributed by atoms with van der Waals surface area (Å²) < 4.78 is 5.89. The zero-order valence-electron chi connectivity index (χ0n) is 13.3. The summed E-state index contributed by atoms with van der Waals surface area (Å²) in [5.74, 6) is 0.827. The molecule has 23 heavy (non-hydrogen) atoms. The van der Waals surface area contributed by atoms with Crippen molar-refractivity contribution in [1.82, 2.24) is 15.5 Å². The predicted molar refractivity (Wildman–Crippen MR) is 94.8 cm³/mol. The Morgan fingerprint density at radius 3 is 2.74 bits per heavy atom. The van der Waals surface area contributed by atoms with Gasteiger partial charge in [-0.05, 0) is 37.6 Å². The quantitative estimate of drug-likeness (QED) is 0.710. The van der Waals surface area contributed by atoms with E-state index in [1.165, 1.54) is 23.1 Å². The van der Waals surface area contributed by atoms with Crippen molar-refractivity contribution < 1.29 is 9.53 Å². The summed E-state index contributed by atoms with van der Waals surface area (Å²) >= 11 is 2.84. The van der Waals surface area contributed by atoms with Crippen LogP contribution in [0.15, 0.2) is 28.6 Å². The average Bonchev–Trinajstić information content (AvgIpc) is 3.00. The molecule has 8 heteroatoms. The van der Waals surface area contributed by atoms with Gasteiger partial charge in [0.05, 0.1) is 12.4 Å². The summed E-state index contributed by atoms with van der Waals surface area (Å²) in [6.45, 7) is 4.59. The highest BCUT2D eigenvalue weighted by Gasteiger charge is 2.16. The van der Waals surface area contributed by atoms with Crippen LogP contribution in [0.4, 0.5) is 10.8 Å². The number of amides is 1.